The molecule has 1 N–H and O–H groups in total. The molecule has 0 aromatic heterocycles. The first kappa shape index (κ1) is 25.9. The van der Waals surface area contributed by atoms with Crippen molar-refractivity contribution in [3.05, 3.63) is 59.4 Å². The van der Waals surface area contributed by atoms with Crippen LogP contribution in [-0.4, -0.2) is 67.2 Å². The fraction of sp³-hybridized carbons (Fsp3) is 0.500. The summed E-state index contributed by atoms with van der Waals surface area (Å²) in [7, 11) is 3.22. The second kappa shape index (κ2) is 10.9. The summed E-state index contributed by atoms with van der Waals surface area (Å²) < 4.78 is 24.1. The van der Waals surface area contributed by atoms with E-state index in [0.717, 1.165) is 12.0 Å². The van der Waals surface area contributed by atoms with E-state index >= 15 is 0 Å². The summed E-state index contributed by atoms with van der Waals surface area (Å²) in [6.45, 7) is 5.87. The Kier molecular flexibility index (Phi) is 7.83. The number of hydrogen-bond acceptors (Lipinski definition) is 5. The molecule has 0 unspecified atom stereocenters. The minimum Gasteiger partial charge on any atom is -0.493 e. The first-order chi connectivity index (χ1) is 17.3. The van der Waals surface area contributed by atoms with Crippen molar-refractivity contribution in [2.75, 3.05) is 33.9 Å². The number of ether oxygens (including phenoxy) is 2. The average molecular weight is 498 g/mol. The number of likely N-dealkylation sites (tertiary alicyclic amines) is 1. The lowest BCUT2D eigenvalue weighted by Crippen LogP contribution is -2.60. The third-order valence-corrected chi connectivity index (χ3v) is 7.27. The van der Waals surface area contributed by atoms with Crippen molar-refractivity contribution < 1.29 is 23.5 Å². The van der Waals surface area contributed by atoms with E-state index in [0.29, 0.717) is 61.9 Å². The Balaban J connectivity index is 1.49. The van der Waals surface area contributed by atoms with E-state index < -0.39 is 5.66 Å². The lowest BCUT2D eigenvalue weighted by Gasteiger charge is -2.44. The summed E-state index contributed by atoms with van der Waals surface area (Å²) >= 11 is 0. The van der Waals surface area contributed by atoms with Gasteiger partial charge in [0.2, 0.25) is 5.91 Å². The largest absolute Gasteiger partial charge is 0.493 e. The number of carbonyl (C=O) groups excluding carboxylic acids is 2. The molecule has 2 aliphatic heterocycles. The molecular formula is C28H36FN3O4. The molecule has 1 atom stereocenters. The molecule has 2 aromatic carbocycles. The van der Waals surface area contributed by atoms with Crippen molar-refractivity contribution >= 4 is 11.8 Å². The number of rotatable bonds is 8. The Morgan fingerprint density at radius 2 is 1.75 bits per heavy atom. The van der Waals surface area contributed by atoms with Crippen LogP contribution in [0.15, 0.2) is 42.5 Å². The molecule has 1 spiro atoms. The molecule has 36 heavy (non-hydrogen) atoms. The first-order valence-electron chi connectivity index (χ1n) is 12.6. The lowest BCUT2D eigenvalue weighted by molar-refractivity contribution is -0.133. The standard InChI is InChI=1S/C28H36FN3O4/c1-19(2)17-23-27(34)32(14-11-20-5-10-24(35-3)25(18-20)36-4)28(30-23)12-15-31(16-13-28)26(33)21-6-8-22(29)9-7-21/h5-10,18-19,23,30H,11-17H2,1-4H3/t23-/m1/s1. The smallest absolute Gasteiger partial charge is 0.253 e. The van der Waals surface area contributed by atoms with Crippen LogP contribution in [0.3, 0.4) is 0 Å². The number of halogens is 1. The molecule has 0 saturated carbocycles. The molecule has 2 fully saturated rings. The SMILES string of the molecule is COc1ccc(CCN2C(=O)[C@@H](CC(C)C)NC23CCN(C(=O)c2ccc(F)cc2)CC3)cc1OC. The van der Waals surface area contributed by atoms with Crippen molar-refractivity contribution in [2.45, 2.75) is 51.2 Å². The van der Waals surface area contributed by atoms with Gasteiger partial charge in [0.25, 0.3) is 5.91 Å². The average Bonchev–Trinajstić information content (AvgIpc) is 3.12. The van der Waals surface area contributed by atoms with E-state index in [2.05, 4.69) is 19.2 Å². The highest BCUT2D eigenvalue weighted by Crippen LogP contribution is 2.35. The minimum absolute atomic E-state index is 0.107. The molecule has 7 nitrogen and oxygen atoms in total. The molecule has 2 amide bonds. The Hall–Kier alpha value is -3.13. The number of methoxy groups -OCH3 is 2. The normalized spacial score (nSPS) is 19.3. The highest BCUT2D eigenvalue weighted by molar-refractivity contribution is 5.94. The predicted octanol–water partition coefficient (Wildman–Crippen LogP) is 3.86. The summed E-state index contributed by atoms with van der Waals surface area (Å²) in [4.78, 5) is 30.3. The van der Waals surface area contributed by atoms with E-state index in [-0.39, 0.29) is 23.7 Å². The van der Waals surface area contributed by atoms with Crippen LogP contribution in [-0.2, 0) is 11.2 Å². The zero-order chi connectivity index (χ0) is 25.9. The second-order valence-electron chi connectivity index (χ2n) is 10.1. The van der Waals surface area contributed by atoms with Crippen LogP contribution < -0.4 is 14.8 Å². The van der Waals surface area contributed by atoms with Gasteiger partial charge < -0.3 is 19.3 Å². The maximum Gasteiger partial charge on any atom is 0.253 e. The van der Waals surface area contributed by atoms with Gasteiger partial charge in [-0.2, -0.15) is 0 Å². The fourth-order valence-electron chi connectivity index (χ4n) is 5.36. The number of nitrogens with zero attached hydrogens (tertiary/aromatic N) is 2. The van der Waals surface area contributed by atoms with E-state index in [1.165, 1.54) is 24.3 Å². The number of amides is 2. The number of piperidine rings is 1. The van der Waals surface area contributed by atoms with Gasteiger partial charge in [-0.3, -0.25) is 14.9 Å². The summed E-state index contributed by atoms with van der Waals surface area (Å²) in [5.41, 5.74) is 1.06. The highest BCUT2D eigenvalue weighted by Gasteiger charge is 2.51. The van der Waals surface area contributed by atoms with Crippen LogP contribution in [0.25, 0.3) is 0 Å². The minimum atomic E-state index is -0.479. The van der Waals surface area contributed by atoms with Crippen LogP contribution in [0.1, 0.15) is 49.0 Å². The number of hydrogen-bond donors (Lipinski definition) is 1. The molecular weight excluding hydrogens is 461 g/mol. The Morgan fingerprint density at radius 1 is 1.08 bits per heavy atom. The molecule has 0 bridgehead atoms. The molecule has 2 aromatic rings. The second-order valence-corrected chi connectivity index (χ2v) is 10.1. The van der Waals surface area contributed by atoms with E-state index in [1.54, 1.807) is 19.1 Å². The van der Waals surface area contributed by atoms with Gasteiger partial charge in [-0.15, -0.1) is 0 Å². The third kappa shape index (κ3) is 5.33. The zero-order valence-electron chi connectivity index (χ0n) is 21.6. The van der Waals surface area contributed by atoms with Gasteiger partial charge in [-0.25, -0.2) is 4.39 Å². The molecule has 2 saturated heterocycles. The van der Waals surface area contributed by atoms with E-state index in [4.69, 9.17) is 9.47 Å². The van der Waals surface area contributed by atoms with Crippen molar-refractivity contribution in [1.29, 1.82) is 0 Å². The molecule has 2 aliphatic rings. The first-order valence-corrected chi connectivity index (χ1v) is 12.6. The highest BCUT2D eigenvalue weighted by atomic mass is 19.1. The number of carbonyl (C=O) groups is 2. The van der Waals surface area contributed by atoms with Crippen molar-refractivity contribution in [2.24, 2.45) is 5.92 Å². The fourth-order valence-corrected chi connectivity index (χ4v) is 5.36. The summed E-state index contributed by atoms with van der Waals surface area (Å²) in [6, 6.07) is 11.3. The Bertz CT molecular complexity index is 1080. The number of nitrogens with one attached hydrogen (secondary N) is 1. The lowest BCUT2D eigenvalue weighted by atomic mass is 9.94. The molecule has 194 valence electrons. The molecule has 0 radical (unpaired) electrons. The maximum atomic E-state index is 13.5. The van der Waals surface area contributed by atoms with Crippen LogP contribution in [0.5, 0.6) is 11.5 Å². The maximum absolute atomic E-state index is 13.5. The van der Waals surface area contributed by atoms with Gasteiger partial charge in [-0.1, -0.05) is 19.9 Å². The summed E-state index contributed by atoms with van der Waals surface area (Å²) in [5, 5.41) is 3.67. The van der Waals surface area contributed by atoms with Crippen molar-refractivity contribution in [3.8, 4) is 11.5 Å². The monoisotopic (exact) mass is 497 g/mol. The van der Waals surface area contributed by atoms with Crippen LogP contribution in [0.2, 0.25) is 0 Å². The van der Waals surface area contributed by atoms with E-state index in [9.17, 15) is 14.0 Å². The quantitative estimate of drug-likeness (QED) is 0.600. The molecule has 2 heterocycles. The summed E-state index contributed by atoms with van der Waals surface area (Å²) in [5.74, 6) is 1.38. The molecule has 0 aliphatic carbocycles. The van der Waals surface area contributed by atoms with Crippen LogP contribution in [0.4, 0.5) is 4.39 Å². The van der Waals surface area contributed by atoms with Gasteiger partial charge in [0.1, 0.15) is 5.82 Å². The van der Waals surface area contributed by atoms with Gasteiger partial charge in [-0.05, 0) is 60.7 Å². The topological polar surface area (TPSA) is 71.1 Å². The van der Waals surface area contributed by atoms with Crippen LogP contribution >= 0.6 is 0 Å². The van der Waals surface area contributed by atoms with E-state index in [1.807, 2.05) is 23.1 Å². The Morgan fingerprint density at radius 3 is 2.36 bits per heavy atom. The zero-order valence-corrected chi connectivity index (χ0v) is 21.6. The van der Waals surface area contributed by atoms with Crippen LogP contribution in [0, 0.1) is 11.7 Å². The summed E-state index contributed by atoms with van der Waals surface area (Å²) in [6.07, 6.45) is 2.74. The van der Waals surface area contributed by atoms with Crippen molar-refractivity contribution in [3.63, 3.8) is 0 Å². The third-order valence-electron chi connectivity index (χ3n) is 7.27. The van der Waals surface area contributed by atoms with Gasteiger partial charge in [0.05, 0.1) is 25.9 Å². The van der Waals surface area contributed by atoms with Gasteiger partial charge in [0.15, 0.2) is 11.5 Å². The number of benzene rings is 2. The van der Waals surface area contributed by atoms with Crippen molar-refractivity contribution in [1.82, 2.24) is 15.1 Å². The Labute approximate surface area is 212 Å². The van der Waals surface area contributed by atoms with Gasteiger partial charge in [0, 0.05) is 38.0 Å². The van der Waals surface area contributed by atoms with Gasteiger partial charge >= 0.3 is 0 Å². The molecule has 4 rings (SSSR count). The molecule has 8 heteroatoms. The predicted molar refractivity (Wildman–Crippen MR) is 136 cm³/mol.